The molecule has 7 nitrogen and oxygen atoms in total. The Morgan fingerprint density at radius 1 is 1.50 bits per heavy atom. The minimum Gasteiger partial charge on any atom is -0.334 e. The van der Waals surface area contributed by atoms with Crippen LogP contribution in [0.5, 0.6) is 0 Å². The zero-order chi connectivity index (χ0) is 15.5. The van der Waals surface area contributed by atoms with Crippen LogP contribution < -0.4 is 5.32 Å². The number of nitrogens with zero attached hydrogens (tertiary/aromatic N) is 5. The Balaban J connectivity index is 1.65. The van der Waals surface area contributed by atoms with Gasteiger partial charge in [0.15, 0.2) is 5.69 Å². The van der Waals surface area contributed by atoms with E-state index in [4.69, 9.17) is 0 Å². The van der Waals surface area contributed by atoms with Gasteiger partial charge in [0.05, 0.1) is 29.5 Å². The van der Waals surface area contributed by atoms with E-state index in [-0.39, 0.29) is 5.91 Å². The summed E-state index contributed by atoms with van der Waals surface area (Å²) in [6.45, 7) is 4.41. The van der Waals surface area contributed by atoms with Gasteiger partial charge in [0.1, 0.15) is 0 Å². The van der Waals surface area contributed by atoms with Gasteiger partial charge in [0.2, 0.25) is 0 Å². The predicted octanol–water partition coefficient (Wildman–Crippen LogP) is 1.24. The van der Waals surface area contributed by atoms with Gasteiger partial charge in [-0.05, 0) is 32.9 Å². The SMILES string of the molecule is Cc1nc(CN(C)C(=O)c2cn(C3CCNCC3)nn2)cs1. The Hall–Kier alpha value is -1.80. The van der Waals surface area contributed by atoms with Crippen LogP contribution in [0, 0.1) is 6.92 Å². The lowest BCUT2D eigenvalue weighted by Crippen LogP contribution is -2.29. The summed E-state index contributed by atoms with van der Waals surface area (Å²) in [5, 5.41) is 14.5. The normalized spacial score (nSPS) is 15.9. The molecule has 1 fully saturated rings. The first kappa shape index (κ1) is 15.1. The molecule has 1 amide bonds. The predicted molar refractivity (Wildman–Crippen MR) is 83.8 cm³/mol. The lowest BCUT2D eigenvalue weighted by Gasteiger charge is -2.22. The highest BCUT2D eigenvalue weighted by molar-refractivity contribution is 7.09. The molecule has 22 heavy (non-hydrogen) atoms. The standard InChI is InChI=1S/C14H20N6OS/c1-10-16-11(9-22-10)7-19(2)14(21)13-8-20(18-17-13)12-3-5-15-6-4-12/h8-9,12,15H,3-7H2,1-2H3. The van der Waals surface area contributed by atoms with E-state index in [0.717, 1.165) is 36.6 Å². The van der Waals surface area contributed by atoms with Gasteiger partial charge >= 0.3 is 0 Å². The molecular weight excluding hydrogens is 300 g/mol. The summed E-state index contributed by atoms with van der Waals surface area (Å²) in [5.41, 5.74) is 1.30. The van der Waals surface area contributed by atoms with Crippen molar-refractivity contribution < 1.29 is 4.79 Å². The molecule has 0 bridgehead atoms. The van der Waals surface area contributed by atoms with E-state index in [9.17, 15) is 4.79 Å². The van der Waals surface area contributed by atoms with Gasteiger partial charge in [-0.15, -0.1) is 16.4 Å². The molecule has 0 spiro atoms. The highest BCUT2D eigenvalue weighted by Crippen LogP contribution is 2.17. The molecule has 1 aliphatic heterocycles. The lowest BCUT2D eigenvalue weighted by molar-refractivity contribution is 0.0777. The fraction of sp³-hybridized carbons (Fsp3) is 0.571. The number of aryl methyl sites for hydroxylation is 1. The average Bonchev–Trinajstić information content (AvgIpc) is 3.17. The second-order valence-electron chi connectivity index (χ2n) is 5.58. The van der Waals surface area contributed by atoms with Crippen LogP contribution in [0.15, 0.2) is 11.6 Å². The number of piperidine rings is 1. The second-order valence-corrected chi connectivity index (χ2v) is 6.65. The number of amides is 1. The summed E-state index contributed by atoms with van der Waals surface area (Å²) >= 11 is 1.59. The number of carbonyl (C=O) groups is 1. The summed E-state index contributed by atoms with van der Waals surface area (Å²) in [6, 6.07) is 0.335. The van der Waals surface area contributed by atoms with Crippen LogP contribution in [-0.4, -0.2) is 50.9 Å². The molecule has 2 aromatic heterocycles. The van der Waals surface area contributed by atoms with E-state index in [1.165, 1.54) is 0 Å². The van der Waals surface area contributed by atoms with Gasteiger partial charge in [-0.2, -0.15) is 0 Å². The molecule has 1 saturated heterocycles. The van der Waals surface area contributed by atoms with Gasteiger partial charge in [-0.3, -0.25) is 4.79 Å². The molecule has 2 aromatic rings. The zero-order valence-electron chi connectivity index (χ0n) is 12.8. The maximum absolute atomic E-state index is 12.4. The molecule has 1 aliphatic rings. The molecule has 0 atom stereocenters. The van der Waals surface area contributed by atoms with Crippen LogP contribution in [0.4, 0.5) is 0 Å². The first-order valence-electron chi connectivity index (χ1n) is 7.42. The zero-order valence-corrected chi connectivity index (χ0v) is 13.6. The molecular formula is C14H20N6OS. The van der Waals surface area contributed by atoms with Crippen LogP contribution in [0.2, 0.25) is 0 Å². The molecule has 8 heteroatoms. The van der Waals surface area contributed by atoms with Crippen LogP contribution in [0.3, 0.4) is 0 Å². The minimum absolute atomic E-state index is 0.120. The van der Waals surface area contributed by atoms with E-state index in [2.05, 4.69) is 20.6 Å². The Bertz CT molecular complexity index is 645. The number of rotatable bonds is 4. The summed E-state index contributed by atoms with van der Waals surface area (Å²) in [4.78, 5) is 18.4. The maximum Gasteiger partial charge on any atom is 0.276 e. The Labute approximate surface area is 133 Å². The Morgan fingerprint density at radius 3 is 2.95 bits per heavy atom. The first-order valence-corrected chi connectivity index (χ1v) is 8.30. The number of hydrogen-bond acceptors (Lipinski definition) is 6. The molecule has 3 rings (SSSR count). The van der Waals surface area contributed by atoms with E-state index < -0.39 is 0 Å². The van der Waals surface area contributed by atoms with Crippen molar-refractivity contribution in [3.8, 4) is 0 Å². The van der Waals surface area contributed by atoms with Gasteiger partial charge in [-0.25, -0.2) is 9.67 Å². The highest BCUT2D eigenvalue weighted by atomic mass is 32.1. The minimum atomic E-state index is -0.120. The van der Waals surface area contributed by atoms with E-state index in [1.54, 1.807) is 29.5 Å². The van der Waals surface area contributed by atoms with Crippen molar-refractivity contribution in [3.05, 3.63) is 28.0 Å². The topological polar surface area (TPSA) is 75.9 Å². The van der Waals surface area contributed by atoms with Crippen molar-refractivity contribution in [3.63, 3.8) is 0 Å². The molecule has 0 radical (unpaired) electrons. The van der Waals surface area contributed by atoms with E-state index in [0.29, 0.717) is 18.3 Å². The smallest absolute Gasteiger partial charge is 0.276 e. The van der Waals surface area contributed by atoms with Crippen molar-refractivity contribution in [2.45, 2.75) is 32.4 Å². The number of thiazole rings is 1. The third kappa shape index (κ3) is 3.33. The summed E-state index contributed by atoms with van der Waals surface area (Å²) in [5.74, 6) is -0.120. The lowest BCUT2D eigenvalue weighted by atomic mass is 10.1. The Morgan fingerprint density at radius 2 is 2.27 bits per heavy atom. The van der Waals surface area contributed by atoms with Gasteiger partial charge < -0.3 is 10.2 Å². The molecule has 0 aromatic carbocycles. The monoisotopic (exact) mass is 320 g/mol. The van der Waals surface area contributed by atoms with Gasteiger partial charge in [0, 0.05) is 12.4 Å². The maximum atomic E-state index is 12.4. The van der Waals surface area contributed by atoms with Crippen molar-refractivity contribution in [1.29, 1.82) is 0 Å². The summed E-state index contributed by atoms with van der Waals surface area (Å²) in [7, 11) is 1.76. The summed E-state index contributed by atoms with van der Waals surface area (Å²) in [6.07, 6.45) is 3.80. The van der Waals surface area contributed by atoms with Crippen molar-refractivity contribution in [2.75, 3.05) is 20.1 Å². The van der Waals surface area contributed by atoms with Gasteiger partial charge in [0.25, 0.3) is 5.91 Å². The first-order chi connectivity index (χ1) is 10.6. The average molecular weight is 320 g/mol. The third-order valence-corrected chi connectivity index (χ3v) is 4.65. The van der Waals surface area contributed by atoms with Crippen LogP contribution in [0.1, 0.15) is 40.1 Å². The molecule has 0 aliphatic carbocycles. The highest BCUT2D eigenvalue weighted by Gasteiger charge is 2.21. The molecule has 1 N–H and O–H groups in total. The van der Waals surface area contributed by atoms with E-state index >= 15 is 0 Å². The number of carbonyl (C=O) groups excluding carboxylic acids is 1. The van der Waals surface area contributed by atoms with Crippen LogP contribution >= 0.6 is 11.3 Å². The summed E-state index contributed by atoms with van der Waals surface area (Å²) < 4.78 is 1.83. The van der Waals surface area contributed by atoms with Crippen LogP contribution in [-0.2, 0) is 6.54 Å². The molecule has 3 heterocycles. The van der Waals surface area contributed by atoms with Crippen molar-refractivity contribution in [2.24, 2.45) is 0 Å². The number of nitrogens with one attached hydrogen (secondary N) is 1. The van der Waals surface area contributed by atoms with Gasteiger partial charge in [-0.1, -0.05) is 5.21 Å². The molecule has 0 unspecified atom stereocenters. The largest absolute Gasteiger partial charge is 0.334 e. The van der Waals surface area contributed by atoms with E-state index in [1.807, 2.05) is 17.0 Å². The molecule has 118 valence electrons. The Kier molecular flexibility index (Phi) is 4.49. The number of aromatic nitrogens is 4. The van der Waals surface area contributed by atoms with Crippen molar-refractivity contribution >= 4 is 17.2 Å². The third-order valence-electron chi connectivity index (χ3n) is 3.82. The number of hydrogen-bond donors (Lipinski definition) is 1. The second kappa shape index (κ2) is 6.53. The van der Waals surface area contributed by atoms with Crippen molar-refractivity contribution in [1.82, 2.24) is 30.2 Å². The molecule has 0 saturated carbocycles. The van der Waals surface area contributed by atoms with Crippen LogP contribution in [0.25, 0.3) is 0 Å². The fourth-order valence-electron chi connectivity index (χ4n) is 2.62. The fourth-order valence-corrected chi connectivity index (χ4v) is 3.22. The quantitative estimate of drug-likeness (QED) is 0.917.